The fourth-order valence-corrected chi connectivity index (χ4v) is 2.86. The second kappa shape index (κ2) is 8.36. The van der Waals surface area contributed by atoms with Gasteiger partial charge in [-0.15, -0.1) is 0 Å². The number of nitrogens with two attached hydrogens (primary N) is 1. The topological polar surface area (TPSA) is 75.8 Å². The van der Waals surface area contributed by atoms with E-state index in [9.17, 15) is 9.90 Å². The highest BCUT2D eigenvalue weighted by atomic mass is 35.5. The summed E-state index contributed by atoms with van der Waals surface area (Å²) in [6.45, 7) is 2.60. The predicted molar refractivity (Wildman–Crippen MR) is 85.9 cm³/mol. The lowest BCUT2D eigenvalue weighted by Crippen LogP contribution is -2.41. The highest BCUT2D eigenvalue weighted by Gasteiger charge is 2.22. The standard InChI is InChI=1S/C16H23ClN2O3/c17-13-1-3-15(4-2-13)22-11-14(20)10-19-7-5-12(6-8-19)9-16(18)21/h1-4,12,14,20H,5-11H2,(H2,18,21)/t14-/m1/s1. The molecule has 2 rings (SSSR count). The van der Waals surface area contributed by atoms with Crippen LogP contribution in [0.25, 0.3) is 0 Å². The van der Waals surface area contributed by atoms with E-state index in [1.807, 2.05) is 0 Å². The first-order valence-corrected chi connectivity index (χ1v) is 7.98. The summed E-state index contributed by atoms with van der Waals surface area (Å²) in [6.07, 6.45) is 1.83. The zero-order valence-corrected chi connectivity index (χ0v) is 13.3. The molecule has 1 aromatic rings. The molecule has 1 aromatic carbocycles. The van der Waals surface area contributed by atoms with Crippen LogP contribution in [0.3, 0.4) is 0 Å². The van der Waals surface area contributed by atoms with Gasteiger partial charge in [-0.2, -0.15) is 0 Å². The minimum Gasteiger partial charge on any atom is -0.491 e. The number of hydrogen-bond donors (Lipinski definition) is 2. The molecule has 22 heavy (non-hydrogen) atoms. The molecule has 1 fully saturated rings. The Morgan fingerprint density at radius 3 is 2.59 bits per heavy atom. The number of primary amides is 1. The Kier molecular flexibility index (Phi) is 6.49. The van der Waals surface area contributed by atoms with E-state index in [-0.39, 0.29) is 12.5 Å². The summed E-state index contributed by atoms with van der Waals surface area (Å²) in [6, 6.07) is 7.08. The summed E-state index contributed by atoms with van der Waals surface area (Å²) < 4.78 is 5.54. The molecule has 0 radical (unpaired) electrons. The van der Waals surface area contributed by atoms with Crippen LogP contribution in [-0.2, 0) is 4.79 Å². The fraction of sp³-hybridized carbons (Fsp3) is 0.562. The lowest BCUT2D eigenvalue weighted by Gasteiger charge is -2.32. The number of rotatable bonds is 7. The van der Waals surface area contributed by atoms with Gasteiger partial charge in [0.2, 0.25) is 5.91 Å². The molecule has 0 bridgehead atoms. The maximum absolute atomic E-state index is 10.9. The molecule has 0 saturated carbocycles. The van der Waals surface area contributed by atoms with E-state index in [1.165, 1.54) is 0 Å². The monoisotopic (exact) mass is 326 g/mol. The number of nitrogens with zero attached hydrogens (tertiary/aromatic N) is 1. The van der Waals surface area contributed by atoms with Gasteiger partial charge in [-0.25, -0.2) is 0 Å². The second-order valence-electron chi connectivity index (χ2n) is 5.83. The summed E-state index contributed by atoms with van der Waals surface area (Å²) in [7, 11) is 0. The lowest BCUT2D eigenvalue weighted by atomic mass is 9.93. The SMILES string of the molecule is NC(=O)CC1CCN(C[C@@H](O)COc2ccc(Cl)cc2)CC1. The van der Waals surface area contributed by atoms with Crippen molar-refractivity contribution in [2.75, 3.05) is 26.2 Å². The van der Waals surface area contributed by atoms with E-state index in [0.29, 0.717) is 29.7 Å². The van der Waals surface area contributed by atoms with Crippen molar-refractivity contribution in [1.82, 2.24) is 4.90 Å². The molecule has 5 nitrogen and oxygen atoms in total. The molecular formula is C16H23ClN2O3. The molecule has 1 aliphatic rings. The first kappa shape index (κ1) is 17.1. The van der Waals surface area contributed by atoms with Crippen molar-refractivity contribution in [1.29, 1.82) is 0 Å². The molecule has 0 unspecified atom stereocenters. The first-order valence-electron chi connectivity index (χ1n) is 7.60. The third-order valence-electron chi connectivity index (χ3n) is 3.92. The third kappa shape index (κ3) is 5.83. The van der Waals surface area contributed by atoms with Gasteiger partial charge < -0.3 is 20.5 Å². The maximum atomic E-state index is 10.9. The van der Waals surface area contributed by atoms with Gasteiger partial charge in [-0.3, -0.25) is 4.79 Å². The number of ether oxygens (including phenoxy) is 1. The highest BCUT2D eigenvalue weighted by molar-refractivity contribution is 6.30. The summed E-state index contributed by atoms with van der Waals surface area (Å²) in [5.41, 5.74) is 5.23. The van der Waals surface area contributed by atoms with Crippen molar-refractivity contribution in [3.63, 3.8) is 0 Å². The van der Waals surface area contributed by atoms with Crippen LogP contribution in [0.1, 0.15) is 19.3 Å². The molecule has 1 amide bonds. The number of hydrogen-bond acceptors (Lipinski definition) is 4. The highest BCUT2D eigenvalue weighted by Crippen LogP contribution is 2.20. The van der Waals surface area contributed by atoms with E-state index < -0.39 is 6.10 Å². The van der Waals surface area contributed by atoms with E-state index in [4.69, 9.17) is 22.1 Å². The van der Waals surface area contributed by atoms with Crippen LogP contribution in [0.2, 0.25) is 5.02 Å². The van der Waals surface area contributed by atoms with Gasteiger partial charge in [0.15, 0.2) is 0 Å². The number of carbonyl (C=O) groups excluding carboxylic acids is 1. The van der Waals surface area contributed by atoms with Gasteiger partial charge in [-0.05, 0) is 56.1 Å². The average Bonchev–Trinajstić information content (AvgIpc) is 2.48. The van der Waals surface area contributed by atoms with Crippen LogP contribution in [0, 0.1) is 5.92 Å². The van der Waals surface area contributed by atoms with Crippen molar-refractivity contribution in [3.05, 3.63) is 29.3 Å². The number of benzene rings is 1. The lowest BCUT2D eigenvalue weighted by molar-refractivity contribution is -0.119. The molecule has 1 saturated heterocycles. The van der Waals surface area contributed by atoms with Crippen LogP contribution in [0.4, 0.5) is 0 Å². The van der Waals surface area contributed by atoms with Gasteiger partial charge in [0.1, 0.15) is 18.5 Å². The van der Waals surface area contributed by atoms with Gasteiger partial charge in [0.25, 0.3) is 0 Å². The summed E-state index contributed by atoms with van der Waals surface area (Å²) in [5.74, 6) is 0.856. The Labute approximate surface area is 136 Å². The van der Waals surface area contributed by atoms with E-state index in [2.05, 4.69) is 4.90 Å². The number of piperidine rings is 1. The minimum absolute atomic E-state index is 0.227. The van der Waals surface area contributed by atoms with Crippen molar-refractivity contribution in [3.8, 4) is 5.75 Å². The van der Waals surface area contributed by atoms with Crippen molar-refractivity contribution in [2.45, 2.75) is 25.4 Å². The normalized spacial score (nSPS) is 18.1. The summed E-state index contributed by atoms with van der Waals surface area (Å²) in [4.78, 5) is 13.1. The minimum atomic E-state index is -0.539. The van der Waals surface area contributed by atoms with Gasteiger partial charge in [0, 0.05) is 18.0 Å². The molecule has 0 aliphatic carbocycles. The summed E-state index contributed by atoms with van der Waals surface area (Å²) >= 11 is 5.81. The Morgan fingerprint density at radius 1 is 1.36 bits per heavy atom. The van der Waals surface area contributed by atoms with Crippen molar-refractivity contribution >= 4 is 17.5 Å². The molecule has 1 heterocycles. The number of likely N-dealkylation sites (tertiary alicyclic amines) is 1. The number of β-amino-alcohol motifs (C(OH)–C–C–N with tert-alkyl or cyclic N) is 1. The molecule has 0 spiro atoms. The Morgan fingerprint density at radius 2 is 2.00 bits per heavy atom. The van der Waals surface area contributed by atoms with E-state index in [0.717, 1.165) is 25.9 Å². The molecule has 1 aliphatic heterocycles. The second-order valence-corrected chi connectivity index (χ2v) is 6.27. The quantitative estimate of drug-likeness (QED) is 0.799. The van der Waals surface area contributed by atoms with Crippen LogP contribution in [0.5, 0.6) is 5.75 Å². The molecule has 3 N–H and O–H groups in total. The van der Waals surface area contributed by atoms with Crippen molar-refractivity contribution < 1.29 is 14.6 Å². The van der Waals surface area contributed by atoms with Crippen molar-refractivity contribution in [2.24, 2.45) is 11.7 Å². The number of aliphatic hydroxyl groups is 1. The maximum Gasteiger partial charge on any atom is 0.217 e. The van der Waals surface area contributed by atoms with Gasteiger partial charge >= 0.3 is 0 Å². The number of amides is 1. The molecular weight excluding hydrogens is 304 g/mol. The molecule has 0 aromatic heterocycles. The smallest absolute Gasteiger partial charge is 0.217 e. The zero-order chi connectivity index (χ0) is 15.9. The Balaban J connectivity index is 1.66. The average molecular weight is 327 g/mol. The van der Waals surface area contributed by atoms with Gasteiger partial charge in [-0.1, -0.05) is 11.6 Å². The first-order chi connectivity index (χ1) is 10.5. The molecule has 1 atom stereocenters. The largest absolute Gasteiger partial charge is 0.491 e. The zero-order valence-electron chi connectivity index (χ0n) is 12.6. The Hall–Kier alpha value is -1.30. The molecule has 122 valence electrons. The van der Waals surface area contributed by atoms with Gasteiger partial charge in [0.05, 0.1) is 0 Å². The fourth-order valence-electron chi connectivity index (χ4n) is 2.73. The predicted octanol–water partition coefficient (Wildman–Crippen LogP) is 1.67. The van der Waals surface area contributed by atoms with Crippen LogP contribution < -0.4 is 10.5 Å². The Bertz CT molecular complexity index is 473. The summed E-state index contributed by atoms with van der Waals surface area (Å²) in [5, 5.41) is 10.7. The van der Waals surface area contributed by atoms with Crippen LogP contribution in [-0.4, -0.2) is 48.3 Å². The molecule has 6 heteroatoms. The van der Waals surface area contributed by atoms with Crippen LogP contribution in [0.15, 0.2) is 24.3 Å². The van der Waals surface area contributed by atoms with E-state index in [1.54, 1.807) is 24.3 Å². The number of halogens is 1. The van der Waals surface area contributed by atoms with Crippen LogP contribution >= 0.6 is 11.6 Å². The third-order valence-corrected chi connectivity index (χ3v) is 4.17. The number of carbonyl (C=O) groups is 1. The van der Waals surface area contributed by atoms with E-state index >= 15 is 0 Å². The number of aliphatic hydroxyl groups excluding tert-OH is 1.